The molecule has 21 heavy (non-hydrogen) atoms. The maximum Gasteiger partial charge on any atom is 0.187 e. The van der Waals surface area contributed by atoms with E-state index in [1.54, 1.807) is 0 Å². The number of rotatable bonds is 3. The Bertz CT molecular complexity index is 843. The van der Waals surface area contributed by atoms with Gasteiger partial charge in [-0.2, -0.15) is 10.4 Å². The van der Waals surface area contributed by atoms with Crippen molar-refractivity contribution in [3.05, 3.63) is 41.7 Å². The third-order valence-corrected chi connectivity index (χ3v) is 3.24. The molecule has 0 bridgehead atoms. The molecule has 0 radical (unpaired) electrons. The Labute approximate surface area is 122 Å². The third-order valence-electron chi connectivity index (χ3n) is 3.24. The lowest BCUT2D eigenvalue weighted by atomic mass is 10.1. The third kappa shape index (κ3) is 2.41. The zero-order valence-electron chi connectivity index (χ0n) is 11.8. The van der Waals surface area contributed by atoms with Crippen molar-refractivity contribution in [3.63, 3.8) is 0 Å². The molecule has 0 amide bonds. The molecule has 0 aliphatic rings. The highest BCUT2D eigenvalue weighted by atomic mass is 15.3. The van der Waals surface area contributed by atoms with E-state index in [1.165, 1.54) is 0 Å². The van der Waals surface area contributed by atoms with Gasteiger partial charge in [0.2, 0.25) is 0 Å². The molecule has 3 aromatic rings. The maximum absolute atomic E-state index is 9.26. The predicted octanol–water partition coefficient (Wildman–Crippen LogP) is 2.77. The largest absolute Gasteiger partial charge is 0.336 e. The number of aryl methyl sites for hydroxylation is 2. The van der Waals surface area contributed by atoms with Crippen molar-refractivity contribution in [1.82, 2.24) is 20.0 Å². The van der Waals surface area contributed by atoms with Gasteiger partial charge in [-0.15, -0.1) is 10.2 Å². The van der Waals surface area contributed by atoms with Crippen LogP contribution in [0.2, 0.25) is 0 Å². The number of anilines is 2. The quantitative estimate of drug-likeness (QED) is 0.796. The zero-order chi connectivity index (χ0) is 14.8. The molecule has 1 N–H and O–H groups in total. The van der Waals surface area contributed by atoms with E-state index in [2.05, 4.69) is 26.7 Å². The summed E-state index contributed by atoms with van der Waals surface area (Å²) in [4.78, 5) is 0. The molecule has 2 aromatic heterocycles. The van der Waals surface area contributed by atoms with E-state index in [0.717, 1.165) is 23.0 Å². The molecule has 0 aliphatic heterocycles. The minimum Gasteiger partial charge on any atom is -0.336 e. The molecule has 6 heteroatoms. The van der Waals surface area contributed by atoms with Crippen molar-refractivity contribution in [3.8, 4) is 6.07 Å². The van der Waals surface area contributed by atoms with Gasteiger partial charge >= 0.3 is 0 Å². The lowest BCUT2D eigenvalue weighted by Crippen LogP contribution is -2.01. The van der Waals surface area contributed by atoms with Crippen molar-refractivity contribution in [2.45, 2.75) is 20.4 Å². The van der Waals surface area contributed by atoms with Crippen LogP contribution in [0.1, 0.15) is 18.2 Å². The molecule has 0 atom stereocenters. The first kappa shape index (κ1) is 13.1. The van der Waals surface area contributed by atoms with Crippen molar-refractivity contribution in [1.29, 1.82) is 5.26 Å². The van der Waals surface area contributed by atoms with Gasteiger partial charge in [0.15, 0.2) is 11.5 Å². The van der Waals surface area contributed by atoms with Gasteiger partial charge in [0, 0.05) is 24.2 Å². The number of nitriles is 1. The molecular weight excluding hydrogens is 264 g/mol. The Balaban J connectivity index is 2.14. The predicted molar refractivity (Wildman–Crippen MR) is 80.2 cm³/mol. The second kappa shape index (κ2) is 5.21. The van der Waals surface area contributed by atoms with Gasteiger partial charge in [0.1, 0.15) is 6.07 Å². The fourth-order valence-electron chi connectivity index (χ4n) is 2.16. The summed E-state index contributed by atoms with van der Waals surface area (Å²) in [6, 6.07) is 9.80. The van der Waals surface area contributed by atoms with Gasteiger partial charge in [0.25, 0.3) is 0 Å². The monoisotopic (exact) mass is 278 g/mol. The summed E-state index contributed by atoms with van der Waals surface area (Å²) in [5.41, 5.74) is 2.75. The lowest BCUT2D eigenvalue weighted by Gasteiger charge is -2.08. The lowest BCUT2D eigenvalue weighted by molar-refractivity contribution is 0.662. The molecule has 3 rings (SSSR count). The molecule has 0 saturated heterocycles. The average molecular weight is 278 g/mol. The van der Waals surface area contributed by atoms with Crippen LogP contribution in [-0.2, 0) is 6.54 Å². The van der Waals surface area contributed by atoms with Crippen LogP contribution in [0, 0.1) is 18.3 Å². The maximum atomic E-state index is 9.26. The molecule has 0 aliphatic carbocycles. The summed E-state index contributed by atoms with van der Waals surface area (Å²) in [5.74, 6) is 0.684. The normalized spacial score (nSPS) is 10.5. The summed E-state index contributed by atoms with van der Waals surface area (Å²) in [6.07, 6.45) is 1.89. The van der Waals surface area contributed by atoms with Crippen LogP contribution in [0.4, 0.5) is 11.5 Å². The zero-order valence-corrected chi connectivity index (χ0v) is 11.8. The highest BCUT2D eigenvalue weighted by Crippen LogP contribution is 2.27. The standard InChI is InChI=1S/C15H14N6/c1-3-21-7-6-14(20-21)17-15-11-8-10(2)4-5-12(11)18-19-13(15)9-16/h4-8H,3H2,1-2H3,(H,17,18,20). The molecule has 6 nitrogen and oxygen atoms in total. The Morgan fingerprint density at radius 2 is 2.14 bits per heavy atom. The molecule has 2 heterocycles. The molecule has 104 valence electrons. The summed E-state index contributed by atoms with van der Waals surface area (Å²) in [6.45, 7) is 4.81. The topological polar surface area (TPSA) is 79.4 Å². The number of hydrogen-bond acceptors (Lipinski definition) is 5. The van der Waals surface area contributed by atoms with E-state index < -0.39 is 0 Å². The van der Waals surface area contributed by atoms with Crippen LogP contribution in [-0.4, -0.2) is 20.0 Å². The summed E-state index contributed by atoms with van der Waals surface area (Å²) in [5, 5.41) is 25.7. The highest BCUT2D eigenvalue weighted by Gasteiger charge is 2.12. The van der Waals surface area contributed by atoms with Crippen LogP contribution < -0.4 is 5.32 Å². The molecule has 0 spiro atoms. The molecule has 0 saturated carbocycles. The van der Waals surface area contributed by atoms with Crippen molar-refractivity contribution >= 4 is 22.4 Å². The first-order valence-electron chi connectivity index (χ1n) is 6.69. The minimum atomic E-state index is 0.263. The SMILES string of the molecule is CCn1ccc(Nc2c(C#N)nnc3ccc(C)cc23)n1. The summed E-state index contributed by atoms with van der Waals surface area (Å²) < 4.78 is 1.82. The van der Waals surface area contributed by atoms with Crippen LogP contribution in [0.25, 0.3) is 10.9 Å². The minimum absolute atomic E-state index is 0.263. The van der Waals surface area contributed by atoms with Gasteiger partial charge in [-0.3, -0.25) is 4.68 Å². The number of nitrogens with one attached hydrogen (secondary N) is 1. The van der Waals surface area contributed by atoms with Crippen LogP contribution in [0.15, 0.2) is 30.5 Å². The number of nitrogens with zero attached hydrogens (tertiary/aromatic N) is 5. The first-order valence-corrected chi connectivity index (χ1v) is 6.69. The van der Waals surface area contributed by atoms with Crippen LogP contribution >= 0.6 is 0 Å². The van der Waals surface area contributed by atoms with Crippen LogP contribution in [0.5, 0.6) is 0 Å². The molecular formula is C15H14N6. The van der Waals surface area contributed by atoms with E-state index in [0.29, 0.717) is 11.5 Å². The highest BCUT2D eigenvalue weighted by molar-refractivity contribution is 5.94. The summed E-state index contributed by atoms with van der Waals surface area (Å²) >= 11 is 0. The second-order valence-corrected chi connectivity index (χ2v) is 4.74. The Kier molecular flexibility index (Phi) is 3.24. The van der Waals surface area contributed by atoms with E-state index in [4.69, 9.17) is 0 Å². The van der Waals surface area contributed by atoms with Gasteiger partial charge in [-0.25, -0.2) is 0 Å². The first-order chi connectivity index (χ1) is 10.2. The second-order valence-electron chi connectivity index (χ2n) is 4.74. The van der Waals surface area contributed by atoms with Gasteiger partial charge < -0.3 is 5.32 Å². The number of fused-ring (bicyclic) bond motifs is 1. The number of benzene rings is 1. The fourth-order valence-corrected chi connectivity index (χ4v) is 2.16. The fraction of sp³-hybridized carbons (Fsp3) is 0.200. The van der Waals surface area contributed by atoms with Gasteiger partial charge in [-0.05, 0) is 26.0 Å². The van der Waals surface area contributed by atoms with Crippen molar-refractivity contribution in [2.24, 2.45) is 0 Å². The van der Waals surface area contributed by atoms with E-state index in [-0.39, 0.29) is 5.69 Å². The Morgan fingerprint density at radius 3 is 2.86 bits per heavy atom. The van der Waals surface area contributed by atoms with Gasteiger partial charge in [-0.1, -0.05) is 11.6 Å². The van der Waals surface area contributed by atoms with Gasteiger partial charge in [0.05, 0.1) is 11.2 Å². The Hall–Kier alpha value is -2.94. The number of hydrogen-bond donors (Lipinski definition) is 1. The molecule has 1 aromatic carbocycles. The molecule has 0 unspecified atom stereocenters. The average Bonchev–Trinajstić information content (AvgIpc) is 2.95. The smallest absolute Gasteiger partial charge is 0.187 e. The van der Waals surface area contributed by atoms with E-state index in [9.17, 15) is 5.26 Å². The Morgan fingerprint density at radius 1 is 1.29 bits per heavy atom. The van der Waals surface area contributed by atoms with Crippen LogP contribution in [0.3, 0.4) is 0 Å². The summed E-state index contributed by atoms with van der Waals surface area (Å²) in [7, 11) is 0. The van der Waals surface area contributed by atoms with Crippen molar-refractivity contribution in [2.75, 3.05) is 5.32 Å². The molecule has 0 fully saturated rings. The number of aromatic nitrogens is 4. The van der Waals surface area contributed by atoms with E-state index >= 15 is 0 Å². The van der Waals surface area contributed by atoms with E-state index in [1.807, 2.05) is 49.0 Å². The van der Waals surface area contributed by atoms with Crippen molar-refractivity contribution < 1.29 is 0 Å².